The van der Waals surface area contributed by atoms with Gasteiger partial charge in [-0.1, -0.05) is 20.3 Å². The fourth-order valence-corrected chi connectivity index (χ4v) is 1.54. The highest BCUT2D eigenvalue weighted by Crippen LogP contribution is 2.22. The number of aromatic nitrogens is 1. The first-order valence-electron chi connectivity index (χ1n) is 4.89. The highest BCUT2D eigenvalue weighted by molar-refractivity contribution is 5.10. The van der Waals surface area contributed by atoms with Crippen molar-refractivity contribution in [2.24, 2.45) is 0 Å². The molecule has 1 heterocycles. The van der Waals surface area contributed by atoms with Crippen LogP contribution in [0.4, 0.5) is 4.39 Å². The Balaban J connectivity index is 2.73. The third-order valence-corrected chi connectivity index (χ3v) is 2.30. The molecule has 1 nitrogen and oxygen atoms in total. The summed E-state index contributed by atoms with van der Waals surface area (Å²) >= 11 is 0. The summed E-state index contributed by atoms with van der Waals surface area (Å²) in [6, 6.07) is 3.28. The van der Waals surface area contributed by atoms with Gasteiger partial charge in [-0.3, -0.25) is 4.98 Å². The summed E-state index contributed by atoms with van der Waals surface area (Å²) in [7, 11) is 0. The maximum absolute atomic E-state index is 12.6. The van der Waals surface area contributed by atoms with Crippen molar-refractivity contribution in [3.63, 3.8) is 0 Å². The molecule has 72 valence electrons. The van der Waals surface area contributed by atoms with Gasteiger partial charge in [-0.2, -0.15) is 0 Å². The zero-order valence-corrected chi connectivity index (χ0v) is 8.26. The maximum Gasteiger partial charge on any atom is 0.141 e. The molecule has 0 N–H and O–H groups in total. The minimum atomic E-state index is -0.255. The summed E-state index contributed by atoms with van der Waals surface area (Å²) in [5.74, 6) is 0.237. The lowest BCUT2D eigenvalue weighted by atomic mass is 9.96. The van der Waals surface area contributed by atoms with Crippen LogP contribution in [0.1, 0.15) is 44.7 Å². The first-order valence-corrected chi connectivity index (χ1v) is 4.89. The third kappa shape index (κ3) is 2.79. The molecule has 1 aromatic heterocycles. The normalized spacial score (nSPS) is 12.8. The zero-order chi connectivity index (χ0) is 9.68. The zero-order valence-electron chi connectivity index (χ0n) is 8.26. The molecule has 0 saturated heterocycles. The maximum atomic E-state index is 12.6. The number of hydrogen-bond acceptors (Lipinski definition) is 1. The standard InChI is InChI=1S/C11H16FN/c1-3-5-9(4-2)11-7-6-10(12)8-13-11/h6-9H,3-5H2,1-2H3. The monoisotopic (exact) mass is 181 g/mol. The minimum Gasteiger partial charge on any atom is -0.258 e. The second-order valence-electron chi connectivity index (χ2n) is 3.30. The Labute approximate surface area is 79.0 Å². The van der Waals surface area contributed by atoms with Crippen LogP contribution in [0.25, 0.3) is 0 Å². The molecule has 1 unspecified atom stereocenters. The summed E-state index contributed by atoms with van der Waals surface area (Å²) in [5, 5.41) is 0. The predicted molar refractivity (Wildman–Crippen MR) is 52.1 cm³/mol. The van der Waals surface area contributed by atoms with E-state index >= 15 is 0 Å². The van der Waals surface area contributed by atoms with Crippen LogP contribution >= 0.6 is 0 Å². The van der Waals surface area contributed by atoms with Gasteiger partial charge >= 0.3 is 0 Å². The van der Waals surface area contributed by atoms with Crippen LogP contribution in [0.2, 0.25) is 0 Å². The molecule has 1 atom stereocenters. The summed E-state index contributed by atoms with van der Waals surface area (Å²) in [6.07, 6.45) is 4.66. The average Bonchev–Trinajstić information content (AvgIpc) is 2.16. The molecular formula is C11H16FN. The first kappa shape index (κ1) is 10.2. The van der Waals surface area contributed by atoms with E-state index in [1.54, 1.807) is 6.07 Å². The van der Waals surface area contributed by atoms with Gasteiger partial charge in [0.2, 0.25) is 0 Å². The predicted octanol–water partition coefficient (Wildman–Crippen LogP) is 3.51. The number of rotatable bonds is 4. The molecule has 0 aliphatic carbocycles. The molecule has 1 aromatic rings. The average molecular weight is 181 g/mol. The molecular weight excluding hydrogens is 165 g/mol. The summed E-state index contributed by atoms with van der Waals surface area (Å²) in [6.45, 7) is 4.30. The van der Waals surface area contributed by atoms with E-state index in [2.05, 4.69) is 18.8 Å². The molecule has 0 radical (unpaired) electrons. The Kier molecular flexibility index (Phi) is 3.87. The van der Waals surface area contributed by atoms with Crippen molar-refractivity contribution in [1.29, 1.82) is 0 Å². The van der Waals surface area contributed by atoms with Gasteiger partial charge in [-0.25, -0.2) is 4.39 Å². The number of hydrogen-bond donors (Lipinski definition) is 0. The van der Waals surface area contributed by atoms with Gasteiger partial charge in [0, 0.05) is 11.6 Å². The Morgan fingerprint density at radius 3 is 2.62 bits per heavy atom. The lowest BCUT2D eigenvalue weighted by Crippen LogP contribution is -1.99. The van der Waals surface area contributed by atoms with E-state index in [1.807, 2.05) is 0 Å². The number of pyridine rings is 1. The molecule has 0 amide bonds. The van der Waals surface area contributed by atoms with Crippen molar-refractivity contribution in [3.05, 3.63) is 29.8 Å². The Morgan fingerprint density at radius 2 is 2.15 bits per heavy atom. The van der Waals surface area contributed by atoms with Crippen LogP contribution in [-0.4, -0.2) is 4.98 Å². The van der Waals surface area contributed by atoms with Crippen molar-refractivity contribution in [2.45, 2.75) is 39.0 Å². The van der Waals surface area contributed by atoms with Crippen LogP contribution in [0.5, 0.6) is 0 Å². The van der Waals surface area contributed by atoms with Crippen molar-refractivity contribution >= 4 is 0 Å². The smallest absolute Gasteiger partial charge is 0.141 e. The van der Waals surface area contributed by atoms with Gasteiger partial charge in [-0.05, 0) is 25.0 Å². The van der Waals surface area contributed by atoms with E-state index < -0.39 is 0 Å². The molecule has 0 fully saturated rings. The van der Waals surface area contributed by atoms with Crippen molar-refractivity contribution in [2.75, 3.05) is 0 Å². The van der Waals surface area contributed by atoms with Crippen LogP contribution in [0, 0.1) is 5.82 Å². The topological polar surface area (TPSA) is 12.9 Å². The van der Waals surface area contributed by atoms with Crippen LogP contribution < -0.4 is 0 Å². The first-order chi connectivity index (χ1) is 6.27. The molecule has 1 rings (SSSR count). The summed E-state index contributed by atoms with van der Waals surface area (Å²) in [4.78, 5) is 4.09. The van der Waals surface area contributed by atoms with Crippen LogP contribution in [0.15, 0.2) is 18.3 Å². The molecule has 0 bridgehead atoms. The second-order valence-corrected chi connectivity index (χ2v) is 3.30. The number of nitrogens with zero attached hydrogens (tertiary/aromatic N) is 1. The van der Waals surface area contributed by atoms with E-state index in [-0.39, 0.29) is 5.82 Å². The lowest BCUT2D eigenvalue weighted by Gasteiger charge is -2.12. The fourth-order valence-electron chi connectivity index (χ4n) is 1.54. The summed E-state index contributed by atoms with van der Waals surface area (Å²) < 4.78 is 12.6. The second kappa shape index (κ2) is 4.95. The van der Waals surface area contributed by atoms with E-state index in [1.165, 1.54) is 12.3 Å². The SMILES string of the molecule is CCCC(CC)c1ccc(F)cn1. The van der Waals surface area contributed by atoms with Crippen LogP contribution in [0.3, 0.4) is 0 Å². The van der Waals surface area contributed by atoms with Crippen molar-refractivity contribution in [3.8, 4) is 0 Å². The van der Waals surface area contributed by atoms with E-state index in [0.717, 1.165) is 25.0 Å². The summed E-state index contributed by atoms with van der Waals surface area (Å²) in [5.41, 5.74) is 1.02. The Bertz CT molecular complexity index is 243. The van der Waals surface area contributed by atoms with Gasteiger partial charge in [0.25, 0.3) is 0 Å². The molecule has 0 aromatic carbocycles. The molecule has 0 spiro atoms. The van der Waals surface area contributed by atoms with Gasteiger partial charge in [-0.15, -0.1) is 0 Å². The van der Waals surface area contributed by atoms with Gasteiger partial charge in [0.05, 0.1) is 6.20 Å². The molecule has 0 saturated carbocycles. The van der Waals surface area contributed by atoms with Crippen LogP contribution in [-0.2, 0) is 0 Å². The Hall–Kier alpha value is -0.920. The molecule has 13 heavy (non-hydrogen) atoms. The third-order valence-electron chi connectivity index (χ3n) is 2.30. The number of halogens is 1. The van der Waals surface area contributed by atoms with E-state index in [4.69, 9.17) is 0 Å². The van der Waals surface area contributed by atoms with Crippen molar-refractivity contribution < 1.29 is 4.39 Å². The highest BCUT2D eigenvalue weighted by atomic mass is 19.1. The minimum absolute atomic E-state index is 0.255. The lowest BCUT2D eigenvalue weighted by molar-refractivity contribution is 0.570. The van der Waals surface area contributed by atoms with Crippen molar-refractivity contribution in [1.82, 2.24) is 4.98 Å². The van der Waals surface area contributed by atoms with Gasteiger partial charge in [0.15, 0.2) is 0 Å². The molecule has 2 heteroatoms. The van der Waals surface area contributed by atoms with E-state index in [9.17, 15) is 4.39 Å². The van der Waals surface area contributed by atoms with Gasteiger partial charge in [0.1, 0.15) is 5.82 Å². The van der Waals surface area contributed by atoms with E-state index in [0.29, 0.717) is 5.92 Å². The largest absolute Gasteiger partial charge is 0.258 e. The van der Waals surface area contributed by atoms with Gasteiger partial charge < -0.3 is 0 Å². The molecule has 0 aliphatic rings. The highest BCUT2D eigenvalue weighted by Gasteiger charge is 2.08. The Morgan fingerprint density at radius 1 is 1.38 bits per heavy atom. The quantitative estimate of drug-likeness (QED) is 0.692. The molecule has 0 aliphatic heterocycles. The fraction of sp³-hybridized carbons (Fsp3) is 0.545.